The van der Waals surface area contributed by atoms with Crippen LogP contribution in [0.2, 0.25) is 0 Å². The Kier molecular flexibility index (Phi) is 5.20. The molecule has 0 spiro atoms. The second-order valence-electron chi connectivity index (χ2n) is 5.42. The van der Waals surface area contributed by atoms with Crippen molar-refractivity contribution in [1.82, 2.24) is 0 Å². The lowest BCUT2D eigenvalue weighted by atomic mass is 9.93. The van der Waals surface area contributed by atoms with Crippen LogP contribution in [0.1, 0.15) is 6.92 Å². The SMILES string of the molecule is CC(CO)(CO)CNc1ccc(Oc2ccccc2)cc1. The maximum Gasteiger partial charge on any atom is 0.127 e. The number of aliphatic hydroxyl groups is 2. The minimum Gasteiger partial charge on any atom is -0.457 e. The van der Waals surface area contributed by atoms with Crippen LogP contribution in [0, 0.1) is 5.41 Å². The van der Waals surface area contributed by atoms with E-state index in [-0.39, 0.29) is 13.2 Å². The average Bonchev–Trinajstić information content (AvgIpc) is 2.55. The molecule has 0 radical (unpaired) electrons. The van der Waals surface area contributed by atoms with E-state index in [1.54, 1.807) is 0 Å². The molecule has 0 heterocycles. The molecule has 0 bridgehead atoms. The maximum absolute atomic E-state index is 9.25. The van der Waals surface area contributed by atoms with Crippen molar-refractivity contribution >= 4 is 5.69 Å². The van der Waals surface area contributed by atoms with Gasteiger partial charge in [-0.1, -0.05) is 25.1 Å². The van der Waals surface area contributed by atoms with Crippen molar-refractivity contribution in [3.05, 3.63) is 54.6 Å². The van der Waals surface area contributed by atoms with Gasteiger partial charge in [-0.05, 0) is 36.4 Å². The minimum absolute atomic E-state index is 0.0638. The maximum atomic E-state index is 9.25. The van der Waals surface area contributed by atoms with Gasteiger partial charge >= 0.3 is 0 Å². The topological polar surface area (TPSA) is 61.7 Å². The fourth-order valence-corrected chi connectivity index (χ4v) is 1.74. The lowest BCUT2D eigenvalue weighted by molar-refractivity contribution is 0.0806. The Morgan fingerprint density at radius 2 is 1.48 bits per heavy atom. The van der Waals surface area contributed by atoms with Crippen LogP contribution in [0.3, 0.4) is 0 Å². The Morgan fingerprint density at radius 1 is 0.905 bits per heavy atom. The van der Waals surface area contributed by atoms with Crippen LogP contribution in [-0.2, 0) is 0 Å². The molecule has 4 nitrogen and oxygen atoms in total. The zero-order chi connectivity index (χ0) is 15.1. The summed E-state index contributed by atoms with van der Waals surface area (Å²) in [6, 6.07) is 17.2. The van der Waals surface area contributed by atoms with Crippen LogP contribution in [0.4, 0.5) is 5.69 Å². The summed E-state index contributed by atoms with van der Waals surface area (Å²) in [5.74, 6) is 1.56. The van der Waals surface area contributed by atoms with Gasteiger partial charge in [-0.15, -0.1) is 0 Å². The molecule has 0 saturated heterocycles. The third-order valence-corrected chi connectivity index (χ3v) is 3.32. The van der Waals surface area contributed by atoms with E-state index in [1.807, 2.05) is 61.5 Å². The molecule has 21 heavy (non-hydrogen) atoms. The van der Waals surface area contributed by atoms with Gasteiger partial charge in [0.1, 0.15) is 11.5 Å². The number of benzene rings is 2. The van der Waals surface area contributed by atoms with E-state index in [9.17, 15) is 10.2 Å². The average molecular weight is 287 g/mol. The van der Waals surface area contributed by atoms with Crippen molar-refractivity contribution in [3.8, 4) is 11.5 Å². The highest BCUT2D eigenvalue weighted by Gasteiger charge is 2.21. The molecule has 0 atom stereocenters. The summed E-state index contributed by atoms with van der Waals surface area (Å²) in [5, 5.41) is 21.7. The summed E-state index contributed by atoms with van der Waals surface area (Å²) < 4.78 is 5.71. The summed E-state index contributed by atoms with van der Waals surface area (Å²) >= 11 is 0. The van der Waals surface area contributed by atoms with Gasteiger partial charge in [0.05, 0.1) is 13.2 Å². The second kappa shape index (κ2) is 7.11. The summed E-state index contributed by atoms with van der Waals surface area (Å²) in [7, 11) is 0. The predicted octanol–water partition coefficient (Wildman–Crippen LogP) is 2.88. The first-order valence-electron chi connectivity index (χ1n) is 6.94. The quantitative estimate of drug-likeness (QED) is 0.733. The first-order valence-corrected chi connectivity index (χ1v) is 6.94. The van der Waals surface area contributed by atoms with E-state index < -0.39 is 5.41 Å². The van der Waals surface area contributed by atoms with Crippen molar-refractivity contribution in [2.45, 2.75) is 6.92 Å². The summed E-state index contributed by atoms with van der Waals surface area (Å²) in [6.07, 6.45) is 0. The van der Waals surface area contributed by atoms with Gasteiger partial charge in [-0.2, -0.15) is 0 Å². The van der Waals surface area contributed by atoms with Crippen LogP contribution in [0.15, 0.2) is 54.6 Å². The van der Waals surface area contributed by atoms with Gasteiger partial charge in [0, 0.05) is 17.6 Å². The van der Waals surface area contributed by atoms with Crippen molar-refractivity contribution < 1.29 is 14.9 Å². The van der Waals surface area contributed by atoms with Gasteiger partial charge in [0.15, 0.2) is 0 Å². The van der Waals surface area contributed by atoms with E-state index in [0.717, 1.165) is 17.2 Å². The Hall–Kier alpha value is -2.04. The molecule has 0 saturated carbocycles. The van der Waals surface area contributed by atoms with Crippen molar-refractivity contribution in [1.29, 1.82) is 0 Å². The zero-order valence-electron chi connectivity index (χ0n) is 12.1. The van der Waals surface area contributed by atoms with Crippen LogP contribution in [0.25, 0.3) is 0 Å². The highest BCUT2D eigenvalue weighted by atomic mass is 16.5. The molecule has 4 heteroatoms. The molecule has 0 aliphatic rings. The number of aliphatic hydroxyl groups excluding tert-OH is 2. The molecule has 0 unspecified atom stereocenters. The van der Waals surface area contributed by atoms with Gasteiger partial charge in [-0.3, -0.25) is 0 Å². The van der Waals surface area contributed by atoms with Crippen LogP contribution >= 0.6 is 0 Å². The monoisotopic (exact) mass is 287 g/mol. The molecule has 0 amide bonds. The molecular formula is C17H21NO3. The number of anilines is 1. The first kappa shape index (κ1) is 15.4. The Balaban J connectivity index is 1.93. The molecular weight excluding hydrogens is 266 g/mol. The number of rotatable bonds is 7. The highest BCUT2D eigenvalue weighted by molar-refractivity contribution is 5.47. The number of para-hydroxylation sites is 1. The highest BCUT2D eigenvalue weighted by Crippen LogP contribution is 2.23. The van der Waals surface area contributed by atoms with Gasteiger partial charge in [-0.25, -0.2) is 0 Å². The molecule has 0 fully saturated rings. The first-order chi connectivity index (χ1) is 10.1. The van der Waals surface area contributed by atoms with E-state index >= 15 is 0 Å². The molecule has 2 aromatic carbocycles. The van der Waals surface area contributed by atoms with Crippen LogP contribution in [0.5, 0.6) is 11.5 Å². The van der Waals surface area contributed by atoms with Gasteiger partial charge < -0.3 is 20.3 Å². The Morgan fingerprint density at radius 3 is 2.05 bits per heavy atom. The largest absolute Gasteiger partial charge is 0.457 e. The van der Waals surface area contributed by atoms with E-state index in [0.29, 0.717) is 6.54 Å². The summed E-state index contributed by atoms with van der Waals surface area (Å²) in [6.45, 7) is 2.20. The summed E-state index contributed by atoms with van der Waals surface area (Å²) in [4.78, 5) is 0. The standard InChI is InChI=1S/C17H21NO3/c1-17(12-19,13-20)11-18-14-7-9-16(10-8-14)21-15-5-3-2-4-6-15/h2-10,18-20H,11-13H2,1H3. The molecule has 0 aromatic heterocycles. The smallest absolute Gasteiger partial charge is 0.127 e. The molecule has 2 rings (SSSR count). The molecule has 3 N–H and O–H groups in total. The lowest BCUT2D eigenvalue weighted by Gasteiger charge is -2.25. The number of ether oxygens (including phenoxy) is 1. The molecule has 112 valence electrons. The Bertz CT molecular complexity index is 536. The van der Waals surface area contributed by atoms with Crippen LogP contribution < -0.4 is 10.1 Å². The number of hydrogen-bond donors (Lipinski definition) is 3. The third-order valence-electron chi connectivity index (χ3n) is 3.32. The molecule has 0 aliphatic carbocycles. The number of hydrogen-bond acceptors (Lipinski definition) is 4. The Labute approximate surface area is 125 Å². The molecule has 2 aromatic rings. The van der Waals surface area contributed by atoms with Crippen molar-refractivity contribution in [2.24, 2.45) is 5.41 Å². The van der Waals surface area contributed by atoms with Crippen molar-refractivity contribution in [3.63, 3.8) is 0 Å². The second-order valence-corrected chi connectivity index (χ2v) is 5.42. The normalized spacial score (nSPS) is 11.2. The van der Waals surface area contributed by atoms with E-state index in [4.69, 9.17) is 4.74 Å². The fraction of sp³-hybridized carbons (Fsp3) is 0.294. The third kappa shape index (κ3) is 4.48. The molecule has 0 aliphatic heterocycles. The van der Waals surface area contributed by atoms with Gasteiger partial charge in [0.25, 0.3) is 0 Å². The minimum atomic E-state index is -0.529. The van der Waals surface area contributed by atoms with E-state index in [2.05, 4.69) is 5.32 Å². The van der Waals surface area contributed by atoms with E-state index in [1.165, 1.54) is 0 Å². The predicted molar refractivity (Wildman–Crippen MR) is 83.7 cm³/mol. The zero-order valence-corrected chi connectivity index (χ0v) is 12.1. The number of nitrogens with one attached hydrogen (secondary N) is 1. The van der Waals surface area contributed by atoms with Crippen LogP contribution in [-0.4, -0.2) is 30.0 Å². The van der Waals surface area contributed by atoms with Crippen molar-refractivity contribution in [2.75, 3.05) is 25.1 Å². The lowest BCUT2D eigenvalue weighted by Crippen LogP contribution is -2.33. The fourth-order valence-electron chi connectivity index (χ4n) is 1.74. The van der Waals surface area contributed by atoms with Gasteiger partial charge in [0.2, 0.25) is 0 Å². The summed E-state index contributed by atoms with van der Waals surface area (Å²) in [5.41, 5.74) is 0.391.